The van der Waals surface area contributed by atoms with E-state index in [4.69, 9.17) is 5.11 Å². The summed E-state index contributed by atoms with van der Waals surface area (Å²) >= 11 is 0. The fourth-order valence-electron chi connectivity index (χ4n) is 1.33. The Balaban J connectivity index is 2.99. The van der Waals surface area contributed by atoms with Gasteiger partial charge in [-0.25, -0.2) is 4.98 Å². The number of rotatable bonds is 3. The first-order chi connectivity index (χ1) is 6.56. The predicted molar refractivity (Wildman–Crippen MR) is 58.4 cm³/mol. The molecule has 3 heteroatoms. The first-order valence-electron chi connectivity index (χ1n) is 4.85. The van der Waals surface area contributed by atoms with Gasteiger partial charge in [0.1, 0.15) is 5.82 Å². The minimum absolute atomic E-state index is 0.0551. The Morgan fingerprint density at radius 3 is 2.57 bits per heavy atom. The van der Waals surface area contributed by atoms with E-state index in [0.717, 1.165) is 16.9 Å². The summed E-state index contributed by atoms with van der Waals surface area (Å²) in [6.45, 7) is 6.32. The van der Waals surface area contributed by atoms with E-state index in [9.17, 15) is 0 Å². The molecule has 0 bridgehead atoms. The second kappa shape index (κ2) is 4.42. The minimum Gasteiger partial charge on any atom is -0.392 e. The van der Waals surface area contributed by atoms with Crippen LogP contribution in [0.4, 0.5) is 5.82 Å². The van der Waals surface area contributed by atoms with E-state index in [1.165, 1.54) is 0 Å². The molecule has 0 saturated heterocycles. The summed E-state index contributed by atoms with van der Waals surface area (Å²) in [5.74, 6) is 0.984. The molecule has 0 aliphatic rings. The van der Waals surface area contributed by atoms with Gasteiger partial charge >= 0.3 is 0 Å². The largest absolute Gasteiger partial charge is 0.392 e. The third-order valence-electron chi connectivity index (χ3n) is 2.40. The second-order valence-electron chi connectivity index (χ2n) is 3.85. The van der Waals surface area contributed by atoms with Gasteiger partial charge in [-0.15, -0.1) is 0 Å². The Hall–Kier alpha value is -1.09. The van der Waals surface area contributed by atoms with Crippen molar-refractivity contribution in [3.63, 3.8) is 0 Å². The van der Waals surface area contributed by atoms with E-state index in [-0.39, 0.29) is 6.61 Å². The number of aliphatic hydroxyl groups excluding tert-OH is 1. The zero-order valence-corrected chi connectivity index (χ0v) is 9.28. The molecule has 14 heavy (non-hydrogen) atoms. The average molecular weight is 194 g/mol. The maximum absolute atomic E-state index is 8.95. The predicted octanol–water partition coefficient (Wildman–Crippen LogP) is 1.73. The molecule has 0 aliphatic heterocycles. The summed E-state index contributed by atoms with van der Waals surface area (Å²) in [7, 11) is 2.03. The quantitative estimate of drug-likeness (QED) is 0.796. The van der Waals surface area contributed by atoms with Crippen LogP contribution in [0.1, 0.15) is 25.0 Å². The first-order valence-corrected chi connectivity index (χ1v) is 4.85. The van der Waals surface area contributed by atoms with Crippen molar-refractivity contribution in [2.45, 2.75) is 33.4 Å². The number of pyridine rings is 1. The van der Waals surface area contributed by atoms with Crippen LogP contribution in [-0.4, -0.2) is 23.2 Å². The first kappa shape index (κ1) is 11.0. The summed E-state index contributed by atoms with van der Waals surface area (Å²) in [6, 6.07) is 2.41. The van der Waals surface area contributed by atoms with Gasteiger partial charge in [0.05, 0.1) is 6.61 Å². The van der Waals surface area contributed by atoms with E-state index in [1.54, 1.807) is 6.20 Å². The SMILES string of the molecule is Cc1cc(CO)cnc1N(C)C(C)C. The molecule has 78 valence electrons. The van der Waals surface area contributed by atoms with Crippen molar-refractivity contribution >= 4 is 5.82 Å². The zero-order chi connectivity index (χ0) is 10.7. The molecule has 0 spiro atoms. The van der Waals surface area contributed by atoms with Crippen LogP contribution >= 0.6 is 0 Å². The van der Waals surface area contributed by atoms with E-state index in [1.807, 2.05) is 20.0 Å². The summed E-state index contributed by atoms with van der Waals surface area (Å²) in [5.41, 5.74) is 1.97. The Kier molecular flexibility index (Phi) is 3.47. The molecule has 0 saturated carbocycles. The zero-order valence-electron chi connectivity index (χ0n) is 9.28. The molecular formula is C11H18N2O. The maximum atomic E-state index is 8.95. The van der Waals surface area contributed by atoms with Gasteiger partial charge in [-0.1, -0.05) is 0 Å². The van der Waals surface area contributed by atoms with E-state index in [0.29, 0.717) is 6.04 Å². The molecule has 1 heterocycles. The van der Waals surface area contributed by atoms with Crippen LogP contribution in [0.15, 0.2) is 12.3 Å². The average Bonchev–Trinajstić information content (AvgIpc) is 2.16. The van der Waals surface area contributed by atoms with Crippen molar-refractivity contribution in [3.8, 4) is 0 Å². The van der Waals surface area contributed by atoms with Crippen molar-refractivity contribution in [2.24, 2.45) is 0 Å². The van der Waals surface area contributed by atoms with E-state index >= 15 is 0 Å². The topological polar surface area (TPSA) is 36.4 Å². The lowest BCUT2D eigenvalue weighted by Gasteiger charge is -2.24. The number of aromatic nitrogens is 1. The van der Waals surface area contributed by atoms with Gasteiger partial charge in [-0.05, 0) is 38.0 Å². The summed E-state index contributed by atoms with van der Waals surface area (Å²) < 4.78 is 0. The van der Waals surface area contributed by atoms with Crippen LogP contribution in [0, 0.1) is 6.92 Å². The molecule has 1 rings (SSSR count). The van der Waals surface area contributed by atoms with Crippen molar-refractivity contribution in [2.75, 3.05) is 11.9 Å². The van der Waals surface area contributed by atoms with Gasteiger partial charge in [0.15, 0.2) is 0 Å². The molecule has 0 aromatic carbocycles. The van der Waals surface area contributed by atoms with Crippen molar-refractivity contribution in [1.29, 1.82) is 0 Å². The van der Waals surface area contributed by atoms with Crippen molar-refractivity contribution in [1.82, 2.24) is 4.98 Å². The van der Waals surface area contributed by atoms with Crippen molar-refractivity contribution in [3.05, 3.63) is 23.4 Å². The third kappa shape index (κ3) is 2.23. The fourth-order valence-corrected chi connectivity index (χ4v) is 1.33. The number of hydrogen-bond donors (Lipinski definition) is 1. The Bertz CT molecular complexity index is 310. The van der Waals surface area contributed by atoms with Crippen LogP contribution in [0.2, 0.25) is 0 Å². The second-order valence-corrected chi connectivity index (χ2v) is 3.85. The number of anilines is 1. The highest BCUT2D eigenvalue weighted by Crippen LogP contribution is 2.18. The number of nitrogens with zero attached hydrogens (tertiary/aromatic N) is 2. The van der Waals surface area contributed by atoms with Gasteiger partial charge in [-0.3, -0.25) is 0 Å². The molecule has 0 fully saturated rings. The van der Waals surface area contributed by atoms with Crippen molar-refractivity contribution < 1.29 is 5.11 Å². The van der Waals surface area contributed by atoms with Crippen LogP contribution in [0.5, 0.6) is 0 Å². The maximum Gasteiger partial charge on any atom is 0.131 e. The van der Waals surface area contributed by atoms with Gasteiger partial charge in [0.25, 0.3) is 0 Å². The lowest BCUT2D eigenvalue weighted by Crippen LogP contribution is -2.27. The lowest BCUT2D eigenvalue weighted by molar-refractivity contribution is 0.281. The lowest BCUT2D eigenvalue weighted by atomic mass is 10.2. The molecule has 0 amide bonds. The molecule has 0 radical (unpaired) electrons. The van der Waals surface area contributed by atoms with E-state index in [2.05, 4.69) is 23.7 Å². The molecule has 0 aliphatic carbocycles. The molecular weight excluding hydrogens is 176 g/mol. The Labute approximate surface area is 85.4 Å². The molecule has 1 aromatic heterocycles. The Morgan fingerprint density at radius 1 is 1.50 bits per heavy atom. The minimum atomic E-state index is 0.0551. The smallest absolute Gasteiger partial charge is 0.131 e. The number of aliphatic hydroxyl groups is 1. The van der Waals surface area contributed by atoms with Gasteiger partial charge in [0.2, 0.25) is 0 Å². The van der Waals surface area contributed by atoms with Crippen LogP contribution in [-0.2, 0) is 6.61 Å². The highest BCUT2D eigenvalue weighted by atomic mass is 16.3. The molecule has 1 N–H and O–H groups in total. The van der Waals surface area contributed by atoms with Crippen LogP contribution < -0.4 is 4.90 Å². The highest BCUT2D eigenvalue weighted by molar-refractivity contribution is 5.47. The normalized spacial score (nSPS) is 10.7. The van der Waals surface area contributed by atoms with Crippen LogP contribution in [0.3, 0.4) is 0 Å². The molecule has 0 unspecified atom stereocenters. The van der Waals surface area contributed by atoms with Gasteiger partial charge in [-0.2, -0.15) is 0 Å². The molecule has 1 aromatic rings. The fraction of sp³-hybridized carbons (Fsp3) is 0.545. The van der Waals surface area contributed by atoms with Gasteiger partial charge < -0.3 is 10.0 Å². The summed E-state index contributed by atoms with van der Waals surface area (Å²) in [4.78, 5) is 6.46. The summed E-state index contributed by atoms with van der Waals surface area (Å²) in [5, 5.41) is 8.95. The third-order valence-corrected chi connectivity index (χ3v) is 2.40. The number of aryl methyl sites for hydroxylation is 1. The molecule has 3 nitrogen and oxygen atoms in total. The van der Waals surface area contributed by atoms with Gasteiger partial charge in [0, 0.05) is 19.3 Å². The highest BCUT2D eigenvalue weighted by Gasteiger charge is 2.09. The monoisotopic (exact) mass is 194 g/mol. The van der Waals surface area contributed by atoms with E-state index < -0.39 is 0 Å². The molecule has 0 atom stereocenters. The number of hydrogen-bond acceptors (Lipinski definition) is 3. The van der Waals surface area contributed by atoms with Crippen LogP contribution in [0.25, 0.3) is 0 Å². The Morgan fingerprint density at radius 2 is 2.14 bits per heavy atom. The summed E-state index contributed by atoms with van der Waals surface area (Å²) in [6.07, 6.45) is 1.72. The standard InChI is InChI=1S/C11H18N2O/c1-8(2)13(4)11-9(3)5-10(7-14)6-12-11/h5-6,8,14H,7H2,1-4H3.